The highest BCUT2D eigenvalue weighted by Gasteiger charge is 2.61. The van der Waals surface area contributed by atoms with Crippen molar-refractivity contribution in [3.63, 3.8) is 0 Å². The van der Waals surface area contributed by atoms with Crippen molar-refractivity contribution in [2.45, 2.75) is 19.3 Å². The van der Waals surface area contributed by atoms with Crippen molar-refractivity contribution in [2.24, 2.45) is 23.7 Å². The minimum atomic E-state index is -0.709. The van der Waals surface area contributed by atoms with Gasteiger partial charge in [0.25, 0.3) is 5.91 Å². The normalized spacial score (nSPS) is 25.7. The molecular weight excluding hydrogens is 415 g/mol. The van der Waals surface area contributed by atoms with Gasteiger partial charge in [0.1, 0.15) is 5.82 Å². The number of fused-ring (bicyclic) bond motifs is 5. The Bertz CT molecular complexity index is 1070. The number of benzene rings is 2. The molecule has 0 unspecified atom stereocenters. The lowest BCUT2D eigenvalue weighted by Gasteiger charge is -2.19. The number of esters is 1. The fraction of sp³-hybridized carbons (Fsp3) is 0.333. The van der Waals surface area contributed by atoms with E-state index in [1.807, 2.05) is 0 Å². The fourth-order valence-electron chi connectivity index (χ4n) is 5.35. The molecule has 5 rings (SSSR count). The van der Waals surface area contributed by atoms with E-state index in [9.17, 15) is 23.6 Å². The van der Waals surface area contributed by atoms with E-state index >= 15 is 0 Å². The van der Waals surface area contributed by atoms with E-state index in [1.165, 1.54) is 41.3 Å². The summed E-state index contributed by atoms with van der Waals surface area (Å²) in [4.78, 5) is 51.2. The molecule has 0 aromatic heterocycles. The predicted molar refractivity (Wildman–Crippen MR) is 112 cm³/mol. The predicted octanol–water partition coefficient (Wildman–Crippen LogP) is 3.16. The molecule has 2 bridgehead atoms. The average Bonchev–Trinajstić information content (AvgIpc) is 3.47. The third-order valence-electron chi connectivity index (χ3n) is 6.75. The SMILES string of the molecule is O=C(COC(=O)c1ccc(N2C(=O)[C@@H]3[C@H]4CC[C@@H](C4)[C@@H]3C2=O)cc1)Nc1ccc(F)cc1. The number of imide groups is 1. The summed E-state index contributed by atoms with van der Waals surface area (Å²) < 4.78 is 17.9. The highest BCUT2D eigenvalue weighted by Crippen LogP contribution is 2.56. The van der Waals surface area contributed by atoms with Gasteiger partial charge in [-0.1, -0.05) is 0 Å². The van der Waals surface area contributed by atoms with E-state index in [0.717, 1.165) is 19.3 Å². The number of anilines is 2. The molecule has 1 N–H and O–H groups in total. The van der Waals surface area contributed by atoms with Crippen LogP contribution in [0.2, 0.25) is 0 Å². The molecule has 1 saturated heterocycles. The van der Waals surface area contributed by atoms with Crippen LogP contribution in [-0.2, 0) is 19.1 Å². The van der Waals surface area contributed by atoms with Gasteiger partial charge < -0.3 is 10.1 Å². The minimum Gasteiger partial charge on any atom is -0.452 e. The summed E-state index contributed by atoms with van der Waals surface area (Å²) in [6.45, 7) is -0.507. The molecular formula is C24H21FN2O5. The molecule has 3 fully saturated rings. The van der Waals surface area contributed by atoms with Crippen LogP contribution in [-0.4, -0.2) is 30.3 Å². The zero-order valence-electron chi connectivity index (χ0n) is 17.1. The topological polar surface area (TPSA) is 92.8 Å². The Labute approximate surface area is 183 Å². The largest absolute Gasteiger partial charge is 0.452 e. The van der Waals surface area contributed by atoms with Crippen molar-refractivity contribution in [1.82, 2.24) is 0 Å². The van der Waals surface area contributed by atoms with Gasteiger partial charge in [-0.2, -0.15) is 0 Å². The molecule has 2 saturated carbocycles. The van der Waals surface area contributed by atoms with Crippen LogP contribution in [0.5, 0.6) is 0 Å². The zero-order chi connectivity index (χ0) is 22.4. The van der Waals surface area contributed by atoms with Crippen molar-refractivity contribution in [1.29, 1.82) is 0 Å². The zero-order valence-corrected chi connectivity index (χ0v) is 17.1. The van der Waals surface area contributed by atoms with Gasteiger partial charge in [-0.15, -0.1) is 0 Å². The molecule has 1 aliphatic heterocycles. The first-order valence-electron chi connectivity index (χ1n) is 10.6. The second kappa shape index (κ2) is 7.85. The van der Waals surface area contributed by atoms with E-state index < -0.39 is 24.3 Å². The van der Waals surface area contributed by atoms with Gasteiger partial charge >= 0.3 is 5.97 Å². The van der Waals surface area contributed by atoms with Crippen molar-refractivity contribution in [2.75, 3.05) is 16.8 Å². The van der Waals surface area contributed by atoms with Crippen molar-refractivity contribution in [3.8, 4) is 0 Å². The Hall–Kier alpha value is -3.55. The maximum Gasteiger partial charge on any atom is 0.338 e. The number of carbonyl (C=O) groups excluding carboxylic acids is 4. The van der Waals surface area contributed by atoms with Crippen LogP contribution in [0.25, 0.3) is 0 Å². The van der Waals surface area contributed by atoms with E-state index in [4.69, 9.17) is 4.74 Å². The molecule has 4 atom stereocenters. The number of amides is 3. The van der Waals surface area contributed by atoms with Gasteiger partial charge in [0, 0.05) is 5.69 Å². The van der Waals surface area contributed by atoms with Gasteiger partial charge in [-0.3, -0.25) is 19.3 Å². The summed E-state index contributed by atoms with van der Waals surface area (Å²) in [5.74, 6) is -1.76. The van der Waals surface area contributed by atoms with Crippen LogP contribution in [0, 0.1) is 29.5 Å². The van der Waals surface area contributed by atoms with E-state index in [-0.39, 0.29) is 29.2 Å². The summed E-state index contributed by atoms with van der Waals surface area (Å²) in [6.07, 6.45) is 3.00. The first kappa shape index (κ1) is 20.4. The maximum absolute atomic E-state index is 12.9. The Kier molecular flexibility index (Phi) is 5.00. The van der Waals surface area contributed by atoms with Crippen molar-refractivity contribution in [3.05, 3.63) is 59.9 Å². The van der Waals surface area contributed by atoms with Crippen LogP contribution in [0.3, 0.4) is 0 Å². The first-order chi connectivity index (χ1) is 15.4. The smallest absolute Gasteiger partial charge is 0.338 e. The van der Waals surface area contributed by atoms with Crippen LogP contribution in [0.15, 0.2) is 48.5 Å². The summed E-state index contributed by atoms with van der Waals surface area (Å²) in [6, 6.07) is 11.2. The Balaban J connectivity index is 1.20. The number of hydrogen-bond acceptors (Lipinski definition) is 5. The lowest BCUT2D eigenvalue weighted by Crippen LogP contribution is -2.32. The maximum atomic E-state index is 12.9. The standard InChI is InChI=1S/C24H21FN2O5/c25-16-5-7-17(8-6-16)26-19(28)12-32-24(31)13-3-9-18(10-4-13)27-22(29)20-14-1-2-15(11-14)21(20)23(27)30/h3-10,14-15,20-21H,1-2,11-12H2,(H,26,28)/t14-,15-,20-,21+/m0/s1. The molecule has 0 spiro atoms. The summed E-state index contributed by atoms with van der Waals surface area (Å²) >= 11 is 0. The molecule has 2 aromatic carbocycles. The van der Waals surface area contributed by atoms with Gasteiger partial charge in [-0.05, 0) is 79.6 Å². The van der Waals surface area contributed by atoms with E-state index in [2.05, 4.69) is 5.32 Å². The molecule has 3 amide bonds. The van der Waals surface area contributed by atoms with Crippen LogP contribution < -0.4 is 10.2 Å². The van der Waals surface area contributed by atoms with E-state index in [1.54, 1.807) is 12.1 Å². The molecule has 7 nitrogen and oxygen atoms in total. The first-order valence-corrected chi connectivity index (χ1v) is 10.6. The van der Waals surface area contributed by atoms with E-state index in [0.29, 0.717) is 23.2 Å². The molecule has 3 aliphatic rings. The number of rotatable bonds is 5. The number of hydrogen-bond donors (Lipinski definition) is 1. The van der Waals surface area contributed by atoms with Gasteiger partial charge in [0.2, 0.25) is 11.8 Å². The molecule has 1 heterocycles. The summed E-state index contributed by atoms with van der Waals surface area (Å²) in [5.41, 5.74) is 1.03. The summed E-state index contributed by atoms with van der Waals surface area (Å²) in [5, 5.41) is 2.50. The second-order valence-electron chi connectivity index (χ2n) is 8.57. The summed E-state index contributed by atoms with van der Waals surface area (Å²) in [7, 11) is 0. The quantitative estimate of drug-likeness (QED) is 0.574. The monoisotopic (exact) mass is 436 g/mol. The molecule has 32 heavy (non-hydrogen) atoms. The van der Waals surface area contributed by atoms with Crippen LogP contribution in [0.4, 0.5) is 15.8 Å². The Morgan fingerprint density at radius 2 is 1.53 bits per heavy atom. The Morgan fingerprint density at radius 1 is 0.938 bits per heavy atom. The molecule has 0 radical (unpaired) electrons. The number of carbonyl (C=O) groups is 4. The second-order valence-corrected chi connectivity index (χ2v) is 8.57. The highest BCUT2D eigenvalue weighted by atomic mass is 19.1. The third-order valence-corrected chi connectivity index (χ3v) is 6.75. The number of ether oxygens (including phenoxy) is 1. The van der Waals surface area contributed by atoms with Gasteiger partial charge in [0.15, 0.2) is 6.61 Å². The van der Waals surface area contributed by atoms with Gasteiger partial charge in [-0.25, -0.2) is 9.18 Å². The van der Waals surface area contributed by atoms with Crippen molar-refractivity contribution >= 4 is 35.1 Å². The highest BCUT2D eigenvalue weighted by molar-refractivity contribution is 6.22. The number of nitrogens with zero attached hydrogens (tertiary/aromatic N) is 1. The minimum absolute atomic E-state index is 0.139. The molecule has 2 aromatic rings. The van der Waals surface area contributed by atoms with Crippen molar-refractivity contribution < 1.29 is 28.3 Å². The fourth-order valence-corrected chi connectivity index (χ4v) is 5.35. The number of nitrogens with one attached hydrogen (secondary N) is 1. The molecule has 164 valence electrons. The molecule has 2 aliphatic carbocycles. The molecule has 8 heteroatoms. The third kappa shape index (κ3) is 3.45. The van der Waals surface area contributed by atoms with Crippen LogP contribution >= 0.6 is 0 Å². The number of halogens is 1. The van der Waals surface area contributed by atoms with Gasteiger partial charge in [0.05, 0.1) is 23.1 Å². The average molecular weight is 436 g/mol. The lowest BCUT2D eigenvalue weighted by atomic mass is 9.81. The van der Waals surface area contributed by atoms with Crippen LogP contribution in [0.1, 0.15) is 29.6 Å². The Morgan fingerprint density at radius 3 is 2.12 bits per heavy atom. The lowest BCUT2D eigenvalue weighted by molar-refractivity contribution is -0.123.